The van der Waals surface area contributed by atoms with Crippen molar-refractivity contribution in [2.75, 3.05) is 19.5 Å². The average Bonchev–Trinajstić information content (AvgIpc) is 2.79. The number of methoxy groups -OCH3 is 2. The minimum absolute atomic E-state index is 0.0859. The largest absolute Gasteiger partial charge is 0.493 e. The maximum atomic E-state index is 13.1. The van der Waals surface area contributed by atoms with E-state index in [1.807, 2.05) is 25.1 Å². The van der Waals surface area contributed by atoms with Gasteiger partial charge in [0, 0.05) is 15.7 Å². The average molecular weight is 495 g/mol. The monoisotopic (exact) mass is 494 g/mol. The summed E-state index contributed by atoms with van der Waals surface area (Å²) in [4.78, 5) is 25.9. The van der Waals surface area contributed by atoms with Gasteiger partial charge in [0.15, 0.2) is 11.5 Å². The Morgan fingerprint density at radius 3 is 2.28 bits per heavy atom. The van der Waals surface area contributed by atoms with Gasteiger partial charge in [-0.15, -0.1) is 0 Å². The molecule has 3 rings (SSSR count). The van der Waals surface area contributed by atoms with Gasteiger partial charge in [0.25, 0.3) is 11.8 Å². The van der Waals surface area contributed by atoms with Crippen LogP contribution in [0.3, 0.4) is 0 Å². The summed E-state index contributed by atoms with van der Waals surface area (Å²) in [6.07, 6.45) is 1.58. The van der Waals surface area contributed by atoms with Gasteiger partial charge in [0.1, 0.15) is 5.70 Å². The van der Waals surface area contributed by atoms with Gasteiger partial charge in [0.05, 0.1) is 14.2 Å². The molecule has 0 saturated carbocycles. The molecule has 0 saturated heterocycles. The number of benzene rings is 3. The first-order valence-electron chi connectivity index (χ1n) is 9.78. The second kappa shape index (κ2) is 10.6. The predicted octanol–water partition coefficient (Wildman–Crippen LogP) is 5.18. The van der Waals surface area contributed by atoms with Gasteiger partial charge in [-0.25, -0.2) is 0 Å². The zero-order valence-corrected chi connectivity index (χ0v) is 19.5. The van der Waals surface area contributed by atoms with E-state index in [0.717, 1.165) is 10.0 Å². The van der Waals surface area contributed by atoms with Gasteiger partial charge in [-0.2, -0.15) is 0 Å². The van der Waals surface area contributed by atoms with Gasteiger partial charge in [-0.1, -0.05) is 45.8 Å². The fourth-order valence-corrected chi connectivity index (χ4v) is 3.33. The molecule has 0 aliphatic rings. The van der Waals surface area contributed by atoms with E-state index < -0.39 is 11.8 Å². The number of rotatable bonds is 7. The molecular weight excluding hydrogens is 472 g/mol. The maximum Gasteiger partial charge on any atom is 0.272 e. The van der Waals surface area contributed by atoms with Gasteiger partial charge in [-0.05, 0) is 61.0 Å². The van der Waals surface area contributed by atoms with Crippen molar-refractivity contribution in [3.63, 3.8) is 0 Å². The summed E-state index contributed by atoms with van der Waals surface area (Å²) in [5.74, 6) is 0.218. The SMILES string of the molecule is COc1ccc(/C=C(/NC(=O)c2cccc(Br)c2)C(=O)Nc2ccc(C)cc2)cc1OC. The van der Waals surface area contributed by atoms with Crippen molar-refractivity contribution in [1.29, 1.82) is 0 Å². The van der Waals surface area contributed by atoms with Gasteiger partial charge in [-0.3, -0.25) is 9.59 Å². The third-order valence-corrected chi connectivity index (χ3v) is 5.10. The fraction of sp³-hybridized carbons (Fsp3) is 0.120. The van der Waals surface area contributed by atoms with Crippen LogP contribution in [0.1, 0.15) is 21.5 Å². The quantitative estimate of drug-likeness (QED) is 0.443. The molecule has 0 aromatic heterocycles. The Hall–Kier alpha value is -3.58. The smallest absolute Gasteiger partial charge is 0.272 e. The summed E-state index contributed by atoms with van der Waals surface area (Å²) in [7, 11) is 3.08. The lowest BCUT2D eigenvalue weighted by Gasteiger charge is -2.13. The normalized spacial score (nSPS) is 10.9. The second-order valence-electron chi connectivity index (χ2n) is 6.96. The number of halogens is 1. The zero-order valence-electron chi connectivity index (χ0n) is 17.9. The van der Waals surface area contributed by atoms with Gasteiger partial charge >= 0.3 is 0 Å². The number of ether oxygens (including phenoxy) is 2. The number of carbonyl (C=O) groups excluding carboxylic acids is 2. The van der Waals surface area contributed by atoms with E-state index in [0.29, 0.717) is 28.3 Å². The van der Waals surface area contributed by atoms with Crippen LogP contribution in [0, 0.1) is 6.92 Å². The number of nitrogens with one attached hydrogen (secondary N) is 2. The first-order chi connectivity index (χ1) is 15.4. The van der Waals surface area contributed by atoms with Gasteiger partial charge < -0.3 is 20.1 Å². The Morgan fingerprint density at radius 2 is 1.62 bits per heavy atom. The highest BCUT2D eigenvalue weighted by Crippen LogP contribution is 2.28. The third-order valence-electron chi connectivity index (χ3n) is 4.61. The van der Waals surface area contributed by atoms with Crippen LogP contribution in [-0.4, -0.2) is 26.0 Å². The molecule has 2 amide bonds. The Kier molecular flexibility index (Phi) is 7.68. The summed E-state index contributed by atoms with van der Waals surface area (Å²) >= 11 is 3.36. The number of amides is 2. The van der Waals surface area contributed by atoms with E-state index in [1.165, 1.54) is 7.11 Å². The Morgan fingerprint density at radius 1 is 0.906 bits per heavy atom. The van der Waals surface area contributed by atoms with Crippen LogP contribution in [0.4, 0.5) is 5.69 Å². The molecular formula is C25H23BrN2O4. The first kappa shape index (κ1) is 23.1. The van der Waals surface area contributed by atoms with Crippen molar-refractivity contribution in [3.8, 4) is 11.5 Å². The topological polar surface area (TPSA) is 76.7 Å². The minimum atomic E-state index is -0.452. The molecule has 0 spiro atoms. The third kappa shape index (κ3) is 5.98. The highest BCUT2D eigenvalue weighted by atomic mass is 79.9. The predicted molar refractivity (Wildman–Crippen MR) is 129 cm³/mol. The van der Waals surface area contributed by atoms with Crippen molar-refractivity contribution in [2.24, 2.45) is 0 Å². The highest BCUT2D eigenvalue weighted by molar-refractivity contribution is 9.10. The summed E-state index contributed by atoms with van der Waals surface area (Å²) in [5.41, 5.74) is 2.86. The van der Waals surface area contributed by atoms with Crippen LogP contribution in [0.5, 0.6) is 11.5 Å². The van der Waals surface area contributed by atoms with E-state index in [9.17, 15) is 9.59 Å². The van der Waals surface area contributed by atoms with E-state index >= 15 is 0 Å². The van der Waals surface area contributed by atoms with Crippen molar-refractivity contribution in [1.82, 2.24) is 5.32 Å². The Bertz CT molecular complexity index is 1160. The number of anilines is 1. The lowest BCUT2D eigenvalue weighted by atomic mass is 10.1. The maximum absolute atomic E-state index is 13.1. The molecule has 3 aromatic carbocycles. The molecule has 0 atom stereocenters. The molecule has 0 bridgehead atoms. The van der Waals surface area contributed by atoms with Gasteiger partial charge in [0.2, 0.25) is 0 Å². The standard InChI is InChI=1S/C25H23BrN2O4/c1-16-7-10-20(11-8-16)27-25(30)21(28-24(29)18-5-4-6-19(26)15-18)13-17-9-12-22(31-2)23(14-17)32-3/h4-15H,1-3H3,(H,27,30)(H,28,29)/b21-13+. The molecule has 7 heteroatoms. The Labute approximate surface area is 195 Å². The van der Waals surface area contributed by atoms with Crippen molar-refractivity contribution < 1.29 is 19.1 Å². The molecule has 0 aliphatic heterocycles. The number of aryl methyl sites for hydroxylation is 1. The summed E-state index contributed by atoms with van der Waals surface area (Å²) in [5, 5.41) is 5.55. The number of hydrogen-bond donors (Lipinski definition) is 2. The molecule has 3 aromatic rings. The van der Waals surface area contributed by atoms with Crippen LogP contribution in [0.2, 0.25) is 0 Å². The van der Waals surface area contributed by atoms with E-state index in [2.05, 4.69) is 26.6 Å². The molecule has 0 unspecified atom stereocenters. The van der Waals surface area contributed by atoms with Crippen molar-refractivity contribution in [3.05, 3.63) is 93.6 Å². The van der Waals surface area contributed by atoms with Crippen LogP contribution < -0.4 is 20.1 Å². The van der Waals surface area contributed by atoms with Crippen LogP contribution in [-0.2, 0) is 4.79 Å². The molecule has 0 aliphatic carbocycles. The lowest BCUT2D eigenvalue weighted by Crippen LogP contribution is -2.30. The summed E-state index contributed by atoms with van der Waals surface area (Å²) in [6, 6.07) is 19.6. The zero-order chi connectivity index (χ0) is 23.1. The number of hydrogen-bond acceptors (Lipinski definition) is 4. The minimum Gasteiger partial charge on any atom is -0.493 e. The van der Waals surface area contributed by atoms with E-state index in [4.69, 9.17) is 9.47 Å². The number of carbonyl (C=O) groups is 2. The lowest BCUT2D eigenvalue weighted by molar-refractivity contribution is -0.113. The molecule has 32 heavy (non-hydrogen) atoms. The van der Waals surface area contributed by atoms with E-state index in [-0.39, 0.29) is 5.70 Å². The van der Waals surface area contributed by atoms with Crippen LogP contribution >= 0.6 is 15.9 Å². The first-order valence-corrected chi connectivity index (χ1v) is 10.6. The second-order valence-corrected chi connectivity index (χ2v) is 7.87. The molecule has 6 nitrogen and oxygen atoms in total. The van der Waals surface area contributed by atoms with Crippen LogP contribution in [0.15, 0.2) is 76.9 Å². The van der Waals surface area contributed by atoms with E-state index in [1.54, 1.807) is 61.7 Å². The highest BCUT2D eigenvalue weighted by Gasteiger charge is 2.16. The van der Waals surface area contributed by atoms with Crippen LogP contribution in [0.25, 0.3) is 6.08 Å². The van der Waals surface area contributed by atoms with Crippen molar-refractivity contribution >= 4 is 39.5 Å². The summed E-state index contributed by atoms with van der Waals surface area (Å²) < 4.78 is 11.4. The molecule has 2 N–H and O–H groups in total. The Balaban J connectivity index is 1.94. The van der Waals surface area contributed by atoms with Crippen molar-refractivity contribution in [2.45, 2.75) is 6.92 Å². The fourth-order valence-electron chi connectivity index (χ4n) is 2.93. The molecule has 0 heterocycles. The molecule has 164 valence electrons. The molecule has 0 radical (unpaired) electrons. The summed E-state index contributed by atoms with van der Waals surface area (Å²) in [6.45, 7) is 1.96. The molecule has 0 fully saturated rings.